The minimum absolute atomic E-state index is 0.0141. The van der Waals surface area contributed by atoms with Crippen molar-refractivity contribution in [3.05, 3.63) is 113 Å². The molecule has 0 fully saturated rings. The van der Waals surface area contributed by atoms with Crippen molar-refractivity contribution < 1.29 is 13.2 Å². The Morgan fingerprint density at radius 2 is 1.56 bits per heavy atom. The molecule has 4 aromatic carbocycles. The van der Waals surface area contributed by atoms with Crippen LogP contribution in [0.25, 0.3) is 10.8 Å². The summed E-state index contributed by atoms with van der Waals surface area (Å²) >= 11 is 6.04. The van der Waals surface area contributed by atoms with Crippen molar-refractivity contribution in [2.45, 2.75) is 10.8 Å². The van der Waals surface area contributed by atoms with E-state index in [1.807, 2.05) is 66.7 Å². The number of nitrogens with zero attached hydrogens (tertiary/aromatic N) is 2. The fourth-order valence-corrected chi connectivity index (χ4v) is 5.13. The van der Waals surface area contributed by atoms with E-state index in [-0.39, 0.29) is 17.4 Å². The van der Waals surface area contributed by atoms with E-state index in [1.165, 1.54) is 11.1 Å². The smallest absolute Gasteiger partial charge is 0.246 e. The Kier molecular flexibility index (Phi) is 5.81. The highest BCUT2D eigenvalue weighted by Crippen LogP contribution is 2.29. The molecule has 6 nitrogen and oxygen atoms in total. The molecule has 0 bridgehead atoms. The van der Waals surface area contributed by atoms with E-state index in [2.05, 4.69) is 9.82 Å². The Morgan fingerprint density at radius 1 is 0.882 bits per heavy atom. The van der Waals surface area contributed by atoms with Crippen LogP contribution in [0.4, 0.5) is 4.79 Å². The van der Waals surface area contributed by atoms with Gasteiger partial charge in [0.05, 0.1) is 17.2 Å². The Morgan fingerprint density at radius 3 is 2.29 bits per heavy atom. The molecule has 0 saturated carbocycles. The van der Waals surface area contributed by atoms with Crippen LogP contribution < -0.4 is 4.72 Å². The van der Waals surface area contributed by atoms with Gasteiger partial charge >= 0.3 is 6.03 Å². The molecule has 1 N–H and O–H groups in total. The van der Waals surface area contributed by atoms with Crippen LogP contribution in [0, 0.1) is 0 Å². The molecular formula is C26H20ClN3O3S. The Balaban J connectivity index is 1.44. The summed E-state index contributed by atoms with van der Waals surface area (Å²) in [5, 5.41) is 7.94. The lowest BCUT2D eigenvalue weighted by atomic mass is 9.91. The normalized spacial score (nSPS) is 15.9. The number of amides is 2. The Hall–Kier alpha value is -3.68. The number of hydrogen-bond donors (Lipinski definition) is 1. The van der Waals surface area contributed by atoms with Gasteiger partial charge in [0.1, 0.15) is 0 Å². The van der Waals surface area contributed by atoms with Crippen molar-refractivity contribution in [2.24, 2.45) is 5.10 Å². The molecule has 0 aliphatic carbocycles. The van der Waals surface area contributed by atoms with Gasteiger partial charge in [-0.25, -0.2) is 22.9 Å². The van der Waals surface area contributed by atoms with Crippen LogP contribution in [-0.2, 0) is 10.0 Å². The van der Waals surface area contributed by atoms with Gasteiger partial charge in [0.2, 0.25) is 0 Å². The highest BCUT2D eigenvalue weighted by Gasteiger charge is 2.34. The summed E-state index contributed by atoms with van der Waals surface area (Å²) in [6.07, 6.45) is 0. The Labute approximate surface area is 202 Å². The first-order valence-corrected chi connectivity index (χ1v) is 12.5. The second-order valence-corrected chi connectivity index (χ2v) is 10.1. The third-order valence-electron chi connectivity index (χ3n) is 5.74. The number of sulfonamides is 1. The third kappa shape index (κ3) is 4.40. The molecule has 1 heterocycles. The van der Waals surface area contributed by atoms with Crippen LogP contribution in [-0.4, -0.2) is 31.7 Å². The molecule has 34 heavy (non-hydrogen) atoms. The largest absolute Gasteiger partial charge is 0.351 e. The zero-order valence-electron chi connectivity index (χ0n) is 17.9. The number of nitrogens with one attached hydrogen (secondary N) is 1. The molecule has 5 rings (SSSR count). The molecule has 0 spiro atoms. The summed E-state index contributed by atoms with van der Waals surface area (Å²) in [5.74, 6) is -0.212. The van der Waals surface area contributed by atoms with Crippen molar-refractivity contribution in [3.63, 3.8) is 0 Å². The Bertz CT molecular complexity index is 1500. The molecule has 170 valence electrons. The zero-order valence-corrected chi connectivity index (χ0v) is 19.5. The fourth-order valence-electron chi connectivity index (χ4n) is 4.02. The van der Waals surface area contributed by atoms with E-state index < -0.39 is 16.1 Å². The highest BCUT2D eigenvalue weighted by molar-refractivity contribution is 7.90. The van der Waals surface area contributed by atoms with Crippen LogP contribution >= 0.6 is 11.6 Å². The van der Waals surface area contributed by atoms with Gasteiger partial charge in [0.25, 0.3) is 10.0 Å². The molecule has 1 aliphatic heterocycles. The van der Waals surface area contributed by atoms with Crippen molar-refractivity contribution in [1.82, 2.24) is 9.73 Å². The number of hydrazone groups is 1. The van der Waals surface area contributed by atoms with Gasteiger partial charge in [-0.2, -0.15) is 5.10 Å². The van der Waals surface area contributed by atoms with E-state index >= 15 is 0 Å². The van der Waals surface area contributed by atoms with Gasteiger partial charge in [0.15, 0.2) is 0 Å². The van der Waals surface area contributed by atoms with Gasteiger partial charge in [-0.3, -0.25) is 0 Å². The molecule has 1 unspecified atom stereocenters. The van der Waals surface area contributed by atoms with Gasteiger partial charge in [-0.15, -0.1) is 0 Å². The number of urea groups is 1. The fraction of sp³-hybridized carbons (Fsp3) is 0.0769. The molecule has 0 aromatic heterocycles. The molecule has 4 aromatic rings. The molecular weight excluding hydrogens is 470 g/mol. The number of rotatable bonds is 4. The first-order chi connectivity index (χ1) is 16.4. The van der Waals surface area contributed by atoms with Crippen molar-refractivity contribution in [1.29, 1.82) is 0 Å². The van der Waals surface area contributed by atoms with Crippen molar-refractivity contribution in [3.8, 4) is 0 Å². The number of benzene rings is 4. The van der Waals surface area contributed by atoms with Crippen molar-refractivity contribution in [2.75, 3.05) is 6.54 Å². The maximum atomic E-state index is 13.0. The second-order valence-electron chi connectivity index (χ2n) is 7.96. The number of halogens is 1. The summed E-state index contributed by atoms with van der Waals surface area (Å²) < 4.78 is 28.1. The lowest BCUT2D eigenvalue weighted by molar-refractivity contribution is 0.210. The van der Waals surface area contributed by atoms with E-state index in [4.69, 9.17) is 11.6 Å². The topological polar surface area (TPSA) is 78.8 Å². The quantitative estimate of drug-likeness (QED) is 0.417. The minimum Gasteiger partial charge on any atom is -0.246 e. The number of fused-ring (bicyclic) bond motifs is 1. The van der Waals surface area contributed by atoms with Gasteiger partial charge in [-0.05, 0) is 46.2 Å². The maximum Gasteiger partial charge on any atom is 0.351 e. The van der Waals surface area contributed by atoms with Crippen LogP contribution in [0.3, 0.4) is 0 Å². The summed E-state index contributed by atoms with van der Waals surface area (Å²) in [6, 6.07) is 28.2. The molecule has 8 heteroatoms. The summed E-state index contributed by atoms with van der Waals surface area (Å²) in [6.45, 7) is 0.209. The van der Waals surface area contributed by atoms with Crippen LogP contribution in [0.5, 0.6) is 0 Å². The minimum atomic E-state index is -4.09. The molecule has 1 aliphatic rings. The predicted octanol–water partition coefficient (Wildman–Crippen LogP) is 5.40. The van der Waals surface area contributed by atoms with Crippen LogP contribution in [0.15, 0.2) is 107 Å². The standard InChI is InChI=1S/C26H20ClN3O3S/c27-22-13-10-20(11-14-22)25-24(19-7-2-1-3-8-19)17-30(28-25)26(31)29-34(32,33)23-15-12-18-6-4-5-9-21(18)16-23/h1-16,24H,17H2,(H,29,31). The average molecular weight is 490 g/mol. The summed E-state index contributed by atoms with van der Waals surface area (Å²) in [7, 11) is -4.09. The van der Waals surface area contributed by atoms with E-state index in [9.17, 15) is 13.2 Å². The predicted molar refractivity (Wildman–Crippen MR) is 134 cm³/mol. The monoisotopic (exact) mass is 489 g/mol. The van der Waals surface area contributed by atoms with Crippen LogP contribution in [0.1, 0.15) is 17.0 Å². The average Bonchev–Trinajstić information content (AvgIpc) is 3.30. The van der Waals surface area contributed by atoms with Gasteiger partial charge in [0, 0.05) is 10.9 Å². The molecule has 1 atom stereocenters. The highest BCUT2D eigenvalue weighted by atomic mass is 35.5. The lowest BCUT2D eigenvalue weighted by Gasteiger charge is -2.16. The second kappa shape index (κ2) is 8.93. The number of hydrogen-bond acceptors (Lipinski definition) is 4. The first-order valence-electron chi connectivity index (χ1n) is 10.6. The molecule has 2 amide bonds. The number of carbonyl (C=O) groups excluding carboxylic acids is 1. The SMILES string of the molecule is O=C(NS(=O)(=O)c1ccc2ccccc2c1)N1CC(c2ccccc2)C(c2ccc(Cl)cc2)=N1. The summed E-state index contributed by atoms with van der Waals surface area (Å²) in [4.78, 5) is 13.0. The molecule has 0 radical (unpaired) electrons. The number of carbonyl (C=O) groups is 1. The van der Waals surface area contributed by atoms with Gasteiger partial charge < -0.3 is 0 Å². The zero-order chi connectivity index (χ0) is 23.7. The van der Waals surface area contributed by atoms with E-state index in [1.54, 1.807) is 24.3 Å². The maximum absolute atomic E-state index is 13.0. The summed E-state index contributed by atoms with van der Waals surface area (Å²) in [5.41, 5.74) is 2.45. The molecule has 0 saturated heterocycles. The van der Waals surface area contributed by atoms with E-state index in [0.29, 0.717) is 10.7 Å². The third-order valence-corrected chi connectivity index (χ3v) is 7.31. The lowest BCUT2D eigenvalue weighted by Crippen LogP contribution is -2.39. The van der Waals surface area contributed by atoms with Crippen LogP contribution in [0.2, 0.25) is 5.02 Å². The first kappa shape index (κ1) is 22.1. The van der Waals surface area contributed by atoms with Crippen molar-refractivity contribution >= 4 is 44.1 Å². The van der Waals surface area contributed by atoms with E-state index in [0.717, 1.165) is 21.9 Å². The van der Waals surface area contributed by atoms with Gasteiger partial charge in [-0.1, -0.05) is 84.4 Å².